The molecule has 2 amide bonds. The summed E-state index contributed by atoms with van der Waals surface area (Å²) in [6.45, 7) is 23.5. The van der Waals surface area contributed by atoms with Crippen molar-refractivity contribution in [3.05, 3.63) is 51.3 Å². The summed E-state index contributed by atoms with van der Waals surface area (Å²) < 4.78 is 23.9. The number of rotatable bonds is 9. The molecule has 5 rings (SSSR count). The molecule has 1 aromatic carbocycles. The number of hydrogen-bond acceptors (Lipinski definition) is 10. The Balaban J connectivity index is 1.61. The van der Waals surface area contributed by atoms with Gasteiger partial charge in [-0.15, -0.1) is 0 Å². The monoisotopic (exact) mass is 762 g/mol. The van der Waals surface area contributed by atoms with E-state index >= 15 is 0 Å². The van der Waals surface area contributed by atoms with Gasteiger partial charge in [-0.1, -0.05) is 40.8 Å². The molecule has 2 aromatic heterocycles. The summed E-state index contributed by atoms with van der Waals surface area (Å²) in [4.78, 5) is 71.3. The van der Waals surface area contributed by atoms with Gasteiger partial charge >= 0.3 is 24.1 Å². The lowest BCUT2D eigenvalue weighted by Crippen LogP contribution is -2.49. The molecular formula is C40H54N4O9Si. The molecule has 2 atom stereocenters. The normalized spacial score (nSPS) is 17.2. The van der Waals surface area contributed by atoms with Crippen molar-refractivity contribution in [3.63, 3.8) is 0 Å². The van der Waals surface area contributed by atoms with E-state index in [4.69, 9.17) is 23.9 Å². The third-order valence-corrected chi connectivity index (χ3v) is 15.2. The van der Waals surface area contributed by atoms with Crippen LogP contribution in [-0.2, 0) is 47.3 Å². The van der Waals surface area contributed by atoms with Crippen LogP contribution in [0.2, 0.25) is 18.6 Å². The van der Waals surface area contributed by atoms with E-state index in [1.165, 1.54) is 0 Å². The number of fused-ring (bicyclic) bond motifs is 5. The average molecular weight is 763 g/mol. The minimum Gasteiger partial charge on any atom is -0.457 e. The van der Waals surface area contributed by atoms with Crippen LogP contribution < -0.4 is 21.4 Å². The highest BCUT2D eigenvalue weighted by Gasteiger charge is 2.51. The molecule has 0 radical (unpaired) electrons. The van der Waals surface area contributed by atoms with Crippen molar-refractivity contribution >= 4 is 54.0 Å². The number of carbonyl (C=O) groups is 4. The van der Waals surface area contributed by atoms with E-state index < -0.39 is 49.0 Å². The van der Waals surface area contributed by atoms with Crippen LogP contribution >= 0.6 is 0 Å². The van der Waals surface area contributed by atoms with E-state index in [1.54, 1.807) is 65.2 Å². The first-order valence-corrected chi connectivity index (χ1v) is 21.7. The number of esters is 2. The third-order valence-electron chi connectivity index (χ3n) is 10.4. The molecule has 3 aromatic rings. The molecule has 0 aliphatic carbocycles. The van der Waals surface area contributed by atoms with Gasteiger partial charge in [-0.2, -0.15) is 0 Å². The molecular weight excluding hydrogens is 709 g/mol. The molecule has 0 saturated heterocycles. The quantitative estimate of drug-likeness (QED) is 0.105. The van der Waals surface area contributed by atoms with Gasteiger partial charge in [-0.25, -0.2) is 19.4 Å². The van der Waals surface area contributed by atoms with Crippen LogP contribution in [0.4, 0.5) is 15.3 Å². The van der Waals surface area contributed by atoms with E-state index in [1.807, 2.05) is 12.1 Å². The topological polar surface area (TPSA) is 164 Å². The van der Waals surface area contributed by atoms with Crippen LogP contribution in [0.1, 0.15) is 98.8 Å². The Morgan fingerprint density at radius 1 is 0.981 bits per heavy atom. The van der Waals surface area contributed by atoms with Crippen LogP contribution in [0.5, 0.6) is 0 Å². The third kappa shape index (κ3) is 7.89. The molecule has 54 heavy (non-hydrogen) atoms. The van der Waals surface area contributed by atoms with Gasteiger partial charge in [0, 0.05) is 23.2 Å². The highest BCUT2D eigenvalue weighted by Crippen LogP contribution is 2.42. The summed E-state index contributed by atoms with van der Waals surface area (Å²) in [6.07, 6.45) is -1.49. The number of aromatic nitrogens is 2. The molecule has 0 bridgehead atoms. The number of nitrogens with zero attached hydrogens (tertiary/aromatic N) is 2. The van der Waals surface area contributed by atoms with Gasteiger partial charge in [0.1, 0.15) is 17.8 Å². The largest absolute Gasteiger partial charge is 0.457 e. The highest BCUT2D eigenvalue weighted by atomic mass is 28.3. The zero-order valence-corrected chi connectivity index (χ0v) is 34.6. The second-order valence-corrected chi connectivity index (χ2v) is 22.0. The number of nitrogens with one attached hydrogen (secondary N) is 2. The average Bonchev–Trinajstić information content (AvgIpc) is 3.40. The SMILES string of the molecule is CCC1(OC(=O)CCNC(=O)OC(C)(C)C)C(=O)OCc2c1cc1n(c2=O)Cc2c-1nc1ccc(NC(=O)OC(C)(C)C)cc1c2[Si](C)(C)C(C)C(C)C. The van der Waals surface area contributed by atoms with E-state index in [9.17, 15) is 24.0 Å². The van der Waals surface area contributed by atoms with Gasteiger partial charge in [0.05, 0.1) is 43.5 Å². The van der Waals surface area contributed by atoms with E-state index in [0.717, 1.165) is 16.1 Å². The fraction of sp³-hybridized carbons (Fsp3) is 0.550. The maximum Gasteiger partial charge on any atom is 0.412 e. The Morgan fingerprint density at radius 2 is 1.63 bits per heavy atom. The summed E-state index contributed by atoms with van der Waals surface area (Å²) in [5, 5.41) is 7.43. The van der Waals surface area contributed by atoms with Crippen LogP contribution in [0.25, 0.3) is 22.3 Å². The number of cyclic esters (lactones) is 1. The molecule has 0 saturated carbocycles. The number of pyridine rings is 2. The van der Waals surface area contributed by atoms with Crippen molar-refractivity contribution in [3.8, 4) is 11.4 Å². The zero-order chi connectivity index (χ0) is 40.1. The maximum atomic E-state index is 14.4. The standard InChI is InChI=1S/C40H54N4O9Si/c1-13-40(51-31(45)16-17-41-36(48)52-38(5,6)7)28-19-30-32-26(20-44(30)34(46)27(28)21-50-35(40)47)33(54(11,12)23(4)22(2)3)25-18-24(14-15-29(25)43-32)42-37(49)53-39(8,9)10/h14-15,18-19,22-23H,13,16-17,20-21H2,1-12H3,(H,41,48)(H,42,49). The Hall–Kier alpha value is -4.72. The van der Waals surface area contributed by atoms with Crippen molar-refractivity contribution in [2.24, 2.45) is 5.92 Å². The van der Waals surface area contributed by atoms with E-state index in [0.29, 0.717) is 34.1 Å². The molecule has 2 aliphatic rings. The number of alkyl carbamates (subject to hydrolysis) is 1. The molecule has 14 heteroatoms. The van der Waals surface area contributed by atoms with Crippen LogP contribution in [0, 0.1) is 5.92 Å². The van der Waals surface area contributed by atoms with Crippen molar-refractivity contribution in [2.75, 3.05) is 11.9 Å². The molecule has 292 valence electrons. The summed E-state index contributed by atoms with van der Waals surface area (Å²) in [5.74, 6) is -1.16. The van der Waals surface area contributed by atoms with Gasteiger partial charge < -0.3 is 28.8 Å². The second-order valence-electron chi connectivity index (χ2n) is 17.1. The Morgan fingerprint density at radius 3 is 2.24 bits per heavy atom. The highest BCUT2D eigenvalue weighted by molar-refractivity contribution is 6.93. The molecule has 2 unspecified atom stereocenters. The smallest absolute Gasteiger partial charge is 0.412 e. The summed E-state index contributed by atoms with van der Waals surface area (Å²) >= 11 is 0. The lowest BCUT2D eigenvalue weighted by atomic mass is 9.85. The van der Waals surface area contributed by atoms with Gasteiger partial charge in [0.15, 0.2) is 0 Å². The van der Waals surface area contributed by atoms with Gasteiger partial charge in [0.2, 0.25) is 5.60 Å². The number of hydrogen-bond donors (Lipinski definition) is 2. The molecule has 2 aliphatic heterocycles. The van der Waals surface area contributed by atoms with Gasteiger partial charge in [0.25, 0.3) is 5.56 Å². The van der Waals surface area contributed by atoms with Crippen molar-refractivity contribution in [1.29, 1.82) is 0 Å². The number of anilines is 1. The molecule has 13 nitrogen and oxygen atoms in total. The second kappa shape index (κ2) is 14.5. The molecule has 0 fully saturated rings. The van der Waals surface area contributed by atoms with Gasteiger partial charge in [-0.3, -0.25) is 14.9 Å². The fourth-order valence-corrected chi connectivity index (χ4v) is 11.4. The first-order chi connectivity index (χ1) is 25.0. The van der Waals surface area contributed by atoms with Crippen molar-refractivity contribution in [2.45, 2.75) is 131 Å². The van der Waals surface area contributed by atoms with Gasteiger partial charge in [-0.05, 0) is 94.4 Å². The van der Waals surface area contributed by atoms with Crippen molar-refractivity contribution < 1.29 is 38.1 Å². The molecule has 0 spiro atoms. The Kier molecular flexibility index (Phi) is 10.9. The predicted molar refractivity (Wildman–Crippen MR) is 208 cm³/mol. The fourth-order valence-electron chi connectivity index (χ4n) is 7.36. The number of benzene rings is 1. The van der Waals surface area contributed by atoms with Crippen LogP contribution in [-0.4, -0.2) is 59.5 Å². The first-order valence-electron chi connectivity index (χ1n) is 18.6. The maximum absolute atomic E-state index is 14.4. The Labute approximate surface area is 317 Å². The van der Waals surface area contributed by atoms with E-state index in [2.05, 4.69) is 44.5 Å². The van der Waals surface area contributed by atoms with E-state index in [-0.39, 0.29) is 49.2 Å². The lowest BCUT2D eigenvalue weighted by molar-refractivity contribution is -0.189. The number of amides is 2. The Bertz CT molecular complexity index is 2080. The number of ether oxygens (including phenoxy) is 4. The first kappa shape index (κ1) is 40.5. The van der Waals surface area contributed by atoms with Crippen molar-refractivity contribution in [1.82, 2.24) is 14.9 Å². The summed E-state index contributed by atoms with van der Waals surface area (Å²) in [7, 11) is -2.35. The molecule has 4 heterocycles. The molecule has 2 N–H and O–H groups in total. The minimum absolute atomic E-state index is 0.00941. The lowest BCUT2D eigenvalue weighted by Gasteiger charge is -2.35. The minimum atomic E-state index is -2.35. The van der Waals surface area contributed by atoms with Crippen LogP contribution in [0.15, 0.2) is 29.1 Å². The number of carbonyl (C=O) groups excluding carboxylic acids is 4. The predicted octanol–water partition coefficient (Wildman–Crippen LogP) is 6.85. The summed E-state index contributed by atoms with van der Waals surface area (Å²) in [6, 6.07) is 7.32. The summed E-state index contributed by atoms with van der Waals surface area (Å²) in [5.41, 5.74) is 0.527. The zero-order valence-electron chi connectivity index (χ0n) is 33.6. The van der Waals surface area contributed by atoms with Crippen LogP contribution in [0.3, 0.4) is 0 Å².